The normalized spacial score (nSPS) is 12.8. The van der Waals surface area contributed by atoms with Crippen LogP contribution in [0.25, 0.3) is 0 Å². The predicted octanol–water partition coefficient (Wildman–Crippen LogP) is 3.79. The molecule has 0 aromatic heterocycles. The van der Waals surface area contributed by atoms with Crippen molar-refractivity contribution in [2.45, 2.75) is 26.1 Å². The molecule has 2 aromatic rings. The highest BCUT2D eigenvalue weighted by Crippen LogP contribution is 2.30. The number of aliphatic hydroxyl groups is 1. The average Bonchev–Trinajstić information content (AvgIpc) is 2.54. The summed E-state index contributed by atoms with van der Waals surface area (Å²) in [6.07, 6.45) is -5.70. The molecule has 2 rings (SSSR count). The van der Waals surface area contributed by atoms with Gasteiger partial charge in [-0.05, 0) is 43.2 Å². The van der Waals surface area contributed by atoms with Gasteiger partial charge in [0.25, 0.3) is 5.91 Å². The Morgan fingerprint density at radius 3 is 2.54 bits per heavy atom. The minimum atomic E-state index is -4.47. The number of hydrogen-bond acceptors (Lipinski definition) is 2. The first-order valence-electron chi connectivity index (χ1n) is 7.39. The summed E-state index contributed by atoms with van der Waals surface area (Å²) in [6.45, 7) is 3.47. The van der Waals surface area contributed by atoms with Gasteiger partial charge in [-0.25, -0.2) is 0 Å². The van der Waals surface area contributed by atoms with Gasteiger partial charge in [0.1, 0.15) is 0 Å². The van der Waals surface area contributed by atoms with Crippen molar-refractivity contribution in [3.63, 3.8) is 0 Å². The molecule has 0 aliphatic heterocycles. The molecule has 1 unspecified atom stereocenters. The number of nitrogens with one attached hydrogen (secondary N) is 1. The lowest BCUT2D eigenvalue weighted by atomic mass is 10.0. The van der Waals surface area contributed by atoms with E-state index in [2.05, 4.69) is 5.32 Å². The third kappa shape index (κ3) is 4.35. The standard InChI is InChI=1S/C18H18F3NO2/c1-11-6-7-12(2)15(8-11)17(24)22-10-16(23)13-4-3-5-14(9-13)18(19,20)21/h3-9,16,23H,10H2,1-2H3,(H,22,24). The first-order valence-corrected chi connectivity index (χ1v) is 7.39. The number of alkyl halides is 3. The summed E-state index contributed by atoms with van der Waals surface area (Å²) < 4.78 is 38.1. The Hall–Kier alpha value is -2.34. The highest BCUT2D eigenvalue weighted by atomic mass is 19.4. The molecule has 0 spiro atoms. The van der Waals surface area contributed by atoms with Crippen molar-refractivity contribution in [2.24, 2.45) is 0 Å². The zero-order chi connectivity index (χ0) is 17.9. The van der Waals surface area contributed by atoms with Crippen molar-refractivity contribution in [1.29, 1.82) is 0 Å². The predicted molar refractivity (Wildman–Crippen MR) is 84.7 cm³/mol. The largest absolute Gasteiger partial charge is 0.416 e. The minimum Gasteiger partial charge on any atom is -0.387 e. The van der Waals surface area contributed by atoms with Gasteiger partial charge in [0, 0.05) is 12.1 Å². The molecule has 2 aromatic carbocycles. The second-order valence-electron chi connectivity index (χ2n) is 5.67. The van der Waals surface area contributed by atoms with Gasteiger partial charge in [0.05, 0.1) is 11.7 Å². The lowest BCUT2D eigenvalue weighted by Gasteiger charge is -2.15. The van der Waals surface area contributed by atoms with E-state index in [1.165, 1.54) is 12.1 Å². The summed E-state index contributed by atoms with van der Waals surface area (Å²) in [7, 11) is 0. The van der Waals surface area contributed by atoms with Gasteiger partial charge in [0.2, 0.25) is 0 Å². The first-order chi connectivity index (χ1) is 11.2. The van der Waals surface area contributed by atoms with Gasteiger partial charge in [-0.1, -0.05) is 29.8 Å². The zero-order valence-electron chi connectivity index (χ0n) is 13.3. The van der Waals surface area contributed by atoms with Crippen LogP contribution in [0.3, 0.4) is 0 Å². The van der Waals surface area contributed by atoms with E-state index in [0.717, 1.165) is 23.3 Å². The molecule has 0 aliphatic carbocycles. The topological polar surface area (TPSA) is 49.3 Å². The smallest absolute Gasteiger partial charge is 0.387 e. The summed E-state index contributed by atoms with van der Waals surface area (Å²) in [4.78, 5) is 12.2. The SMILES string of the molecule is Cc1ccc(C)c(C(=O)NCC(O)c2cccc(C(F)(F)F)c2)c1. The molecule has 0 saturated carbocycles. The van der Waals surface area contributed by atoms with E-state index in [-0.39, 0.29) is 18.0 Å². The van der Waals surface area contributed by atoms with Crippen LogP contribution < -0.4 is 5.32 Å². The van der Waals surface area contributed by atoms with E-state index < -0.39 is 17.8 Å². The highest BCUT2D eigenvalue weighted by Gasteiger charge is 2.30. The number of carbonyl (C=O) groups is 1. The fraction of sp³-hybridized carbons (Fsp3) is 0.278. The van der Waals surface area contributed by atoms with Crippen LogP contribution in [0.4, 0.5) is 13.2 Å². The van der Waals surface area contributed by atoms with Crippen molar-refractivity contribution >= 4 is 5.91 Å². The summed E-state index contributed by atoms with van der Waals surface area (Å²) >= 11 is 0. The van der Waals surface area contributed by atoms with Crippen molar-refractivity contribution < 1.29 is 23.1 Å². The second-order valence-corrected chi connectivity index (χ2v) is 5.67. The van der Waals surface area contributed by atoms with Crippen molar-refractivity contribution in [2.75, 3.05) is 6.54 Å². The highest BCUT2D eigenvalue weighted by molar-refractivity contribution is 5.95. The van der Waals surface area contributed by atoms with Crippen LogP contribution in [0.15, 0.2) is 42.5 Å². The molecule has 0 aliphatic rings. The summed E-state index contributed by atoms with van der Waals surface area (Å²) in [5, 5.41) is 12.6. The molecule has 1 atom stereocenters. The van der Waals surface area contributed by atoms with E-state index in [0.29, 0.717) is 5.56 Å². The quantitative estimate of drug-likeness (QED) is 0.892. The number of amides is 1. The summed E-state index contributed by atoms with van der Waals surface area (Å²) in [5.41, 5.74) is 1.45. The Labute approximate surface area is 138 Å². The number of rotatable bonds is 4. The second kappa shape index (κ2) is 7.05. The van der Waals surface area contributed by atoms with E-state index in [1.807, 2.05) is 19.1 Å². The Morgan fingerprint density at radius 2 is 1.88 bits per heavy atom. The third-order valence-electron chi connectivity index (χ3n) is 3.69. The number of carbonyl (C=O) groups excluding carboxylic acids is 1. The van der Waals surface area contributed by atoms with Gasteiger partial charge >= 0.3 is 6.18 Å². The molecule has 0 saturated heterocycles. The molecule has 24 heavy (non-hydrogen) atoms. The molecular formula is C18H18F3NO2. The average molecular weight is 337 g/mol. The monoisotopic (exact) mass is 337 g/mol. The lowest BCUT2D eigenvalue weighted by Crippen LogP contribution is -2.29. The Morgan fingerprint density at radius 1 is 1.17 bits per heavy atom. The molecule has 0 heterocycles. The zero-order valence-corrected chi connectivity index (χ0v) is 13.3. The minimum absolute atomic E-state index is 0.103. The maximum Gasteiger partial charge on any atom is 0.416 e. The first kappa shape index (κ1) is 18.0. The molecule has 2 N–H and O–H groups in total. The number of hydrogen-bond donors (Lipinski definition) is 2. The number of halogens is 3. The molecular weight excluding hydrogens is 319 g/mol. The van der Waals surface area contributed by atoms with Crippen LogP contribution in [0, 0.1) is 13.8 Å². The molecule has 0 radical (unpaired) electrons. The van der Waals surface area contributed by atoms with Crippen molar-refractivity contribution in [3.8, 4) is 0 Å². The lowest BCUT2D eigenvalue weighted by molar-refractivity contribution is -0.137. The third-order valence-corrected chi connectivity index (χ3v) is 3.69. The van der Waals surface area contributed by atoms with E-state index in [1.54, 1.807) is 13.0 Å². The Balaban J connectivity index is 2.06. The number of benzene rings is 2. The van der Waals surface area contributed by atoms with Crippen LogP contribution in [0.2, 0.25) is 0 Å². The van der Waals surface area contributed by atoms with Gasteiger partial charge in [0.15, 0.2) is 0 Å². The molecule has 1 amide bonds. The summed E-state index contributed by atoms with van der Waals surface area (Å²) in [5.74, 6) is -0.373. The maximum atomic E-state index is 12.7. The van der Waals surface area contributed by atoms with E-state index in [4.69, 9.17) is 0 Å². The fourth-order valence-electron chi connectivity index (χ4n) is 2.31. The summed E-state index contributed by atoms with van der Waals surface area (Å²) in [6, 6.07) is 9.86. The number of aliphatic hydroxyl groups excluding tert-OH is 1. The van der Waals surface area contributed by atoms with Crippen LogP contribution in [0.5, 0.6) is 0 Å². The Bertz CT molecular complexity index is 741. The fourth-order valence-corrected chi connectivity index (χ4v) is 2.31. The van der Waals surface area contributed by atoms with Crippen LogP contribution in [-0.2, 0) is 6.18 Å². The molecule has 6 heteroatoms. The van der Waals surface area contributed by atoms with Crippen LogP contribution in [-0.4, -0.2) is 17.6 Å². The Kier molecular flexibility index (Phi) is 5.29. The van der Waals surface area contributed by atoms with Crippen LogP contribution >= 0.6 is 0 Å². The van der Waals surface area contributed by atoms with Gasteiger partial charge < -0.3 is 10.4 Å². The van der Waals surface area contributed by atoms with Crippen LogP contribution in [0.1, 0.15) is 38.7 Å². The van der Waals surface area contributed by atoms with Gasteiger partial charge in [-0.15, -0.1) is 0 Å². The number of aryl methyl sites for hydroxylation is 2. The molecule has 128 valence electrons. The maximum absolute atomic E-state index is 12.7. The molecule has 0 fully saturated rings. The molecule has 0 bridgehead atoms. The molecule has 3 nitrogen and oxygen atoms in total. The van der Waals surface area contributed by atoms with Crippen molar-refractivity contribution in [1.82, 2.24) is 5.32 Å². The van der Waals surface area contributed by atoms with Gasteiger partial charge in [-0.3, -0.25) is 4.79 Å². The van der Waals surface area contributed by atoms with Crippen molar-refractivity contribution in [3.05, 3.63) is 70.3 Å². The van der Waals surface area contributed by atoms with E-state index >= 15 is 0 Å². The van der Waals surface area contributed by atoms with Gasteiger partial charge in [-0.2, -0.15) is 13.2 Å². The van der Waals surface area contributed by atoms with E-state index in [9.17, 15) is 23.1 Å².